The summed E-state index contributed by atoms with van der Waals surface area (Å²) < 4.78 is 0. The van der Waals surface area contributed by atoms with Crippen molar-refractivity contribution in [2.24, 2.45) is 11.3 Å². The molecule has 0 aromatic carbocycles. The Morgan fingerprint density at radius 3 is 2.39 bits per heavy atom. The zero-order valence-electron chi connectivity index (χ0n) is 11.3. The van der Waals surface area contributed by atoms with Crippen molar-refractivity contribution in [2.45, 2.75) is 64.2 Å². The minimum absolute atomic E-state index is 0.198. The van der Waals surface area contributed by atoms with E-state index < -0.39 is 0 Å². The average Bonchev–Trinajstić information content (AvgIpc) is 2.87. The number of nitrogens with one attached hydrogen (secondary N) is 1. The van der Waals surface area contributed by atoms with Crippen molar-refractivity contribution in [2.75, 3.05) is 12.4 Å². The number of amides is 1. The largest absolute Gasteiger partial charge is 0.355 e. The van der Waals surface area contributed by atoms with E-state index in [1.54, 1.807) is 0 Å². The zero-order valence-corrected chi connectivity index (χ0v) is 12.1. The molecule has 2 nitrogen and oxygen atoms in total. The molecule has 2 fully saturated rings. The van der Waals surface area contributed by atoms with Crippen molar-refractivity contribution >= 4 is 17.5 Å². The molecule has 1 N–H and O–H groups in total. The molecule has 0 aromatic heterocycles. The van der Waals surface area contributed by atoms with Gasteiger partial charge in [-0.2, -0.15) is 0 Å². The summed E-state index contributed by atoms with van der Waals surface area (Å²) in [5.74, 6) is 1.57. The van der Waals surface area contributed by atoms with Crippen molar-refractivity contribution in [1.29, 1.82) is 0 Å². The standard InChI is InChI=1S/C15H26ClNO/c16-11-15(8-4-5-9-15)12-17-14(18)10-13-6-2-1-3-7-13/h13H,1-12H2,(H,17,18). The van der Waals surface area contributed by atoms with Gasteiger partial charge in [-0.3, -0.25) is 4.79 Å². The Kier molecular flexibility index (Phi) is 5.35. The van der Waals surface area contributed by atoms with Gasteiger partial charge in [0.25, 0.3) is 0 Å². The summed E-state index contributed by atoms with van der Waals surface area (Å²) in [5, 5.41) is 3.14. The van der Waals surface area contributed by atoms with Gasteiger partial charge in [0, 0.05) is 24.3 Å². The number of alkyl halides is 1. The second-order valence-corrected chi connectivity index (χ2v) is 6.59. The summed E-state index contributed by atoms with van der Waals surface area (Å²) in [6, 6.07) is 0. The first-order valence-electron chi connectivity index (χ1n) is 7.57. The third kappa shape index (κ3) is 3.88. The monoisotopic (exact) mass is 271 g/mol. The molecule has 1 amide bonds. The van der Waals surface area contributed by atoms with Crippen molar-refractivity contribution in [3.05, 3.63) is 0 Å². The molecule has 0 aromatic rings. The molecule has 0 radical (unpaired) electrons. The molecule has 0 bridgehead atoms. The van der Waals surface area contributed by atoms with E-state index in [1.165, 1.54) is 57.8 Å². The van der Waals surface area contributed by atoms with Crippen LogP contribution in [-0.4, -0.2) is 18.3 Å². The van der Waals surface area contributed by atoms with E-state index in [0.717, 1.165) is 13.0 Å². The second kappa shape index (κ2) is 6.79. The minimum atomic E-state index is 0.198. The van der Waals surface area contributed by atoms with Crippen LogP contribution in [0.25, 0.3) is 0 Å². The Morgan fingerprint density at radius 2 is 1.78 bits per heavy atom. The van der Waals surface area contributed by atoms with Crippen LogP contribution in [0.2, 0.25) is 0 Å². The molecule has 0 unspecified atom stereocenters. The van der Waals surface area contributed by atoms with Gasteiger partial charge in [0.2, 0.25) is 5.91 Å². The number of hydrogen-bond acceptors (Lipinski definition) is 1. The molecule has 0 atom stereocenters. The van der Waals surface area contributed by atoms with Gasteiger partial charge in [0.1, 0.15) is 0 Å². The highest BCUT2D eigenvalue weighted by Gasteiger charge is 2.33. The SMILES string of the molecule is O=C(CC1CCCCC1)NCC1(CCl)CCCC1. The summed E-state index contributed by atoms with van der Waals surface area (Å²) in [4.78, 5) is 12.0. The van der Waals surface area contributed by atoms with E-state index in [4.69, 9.17) is 11.6 Å². The van der Waals surface area contributed by atoms with Gasteiger partial charge in [-0.15, -0.1) is 11.6 Å². The molecule has 2 aliphatic carbocycles. The number of rotatable bonds is 5. The van der Waals surface area contributed by atoms with Crippen molar-refractivity contribution in [1.82, 2.24) is 5.32 Å². The summed E-state index contributed by atoms with van der Waals surface area (Å²) in [6.07, 6.45) is 12.1. The Bertz CT molecular complexity index is 268. The van der Waals surface area contributed by atoms with Crippen LogP contribution in [0.1, 0.15) is 64.2 Å². The lowest BCUT2D eigenvalue weighted by Gasteiger charge is -2.27. The zero-order chi connectivity index (χ0) is 12.8. The van der Waals surface area contributed by atoms with Gasteiger partial charge in [-0.25, -0.2) is 0 Å². The lowest BCUT2D eigenvalue weighted by molar-refractivity contribution is -0.122. The predicted molar refractivity (Wildman–Crippen MR) is 75.8 cm³/mol. The molecule has 0 spiro atoms. The lowest BCUT2D eigenvalue weighted by atomic mass is 9.86. The van der Waals surface area contributed by atoms with Gasteiger partial charge in [-0.05, 0) is 31.6 Å². The van der Waals surface area contributed by atoms with Crippen LogP contribution >= 0.6 is 11.6 Å². The van der Waals surface area contributed by atoms with Crippen molar-refractivity contribution in [3.8, 4) is 0 Å². The van der Waals surface area contributed by atoms with Gasteiger partial charge < -0.3 is 5.32 Å². The third-order valence-electron chi connectivity index (χ3n) is 4.81. The van der Waals surface area contributed by atoms with Crippen molar-refractivity contribution < 1.29 is 4.79 Å². The normalized spacial score (nSPS) is 24.1. The summed E-state index contributed by atoms with van der Waals surface area (Å²) >= 11 is 6.09. The molecule has 2 saturated carbocycles. The predicted octanol–water partition coefficient (Wildman–Crippen LogP) is 3.87. The molecule has 0 heterocycles. The molecule has 0 saturated heterocycles. The number of carbonyl (C=O) groups is 1. The van der Waals surface area contributed by atoms with Crippen LogP contribution in [0, 0.1) is 11.3 Å². The van der Waals surface area contributed by atoms with Crippen molar-refractivity contribution in [3.63, 3.8) is 0 Å². The van der Waals surface area contributed by atoms with Crippen LogP contribution in [0.3, 0.4) is 0 Å². The highest BCUT2D eigenvalue weighted by atomic mass is 35.5. The minimum Gasteiger partial charge on any atom is -0.355 e. The van der Waals surface area contributed by atoms with Gasteiger partial charge >= 0.3 is 0 Å². The van der Waals surface area contributed by atoms with Gasteiger partial charge in [0.05, 0.1) is 0 Å². The number of carbonyl (C=O) groups excluding carboxylic acids is 1. The van der Waals surface area contributed by atoms with Crippen LogP contribution in [0.15, 0.2) is 0 Å². The molecule has 2 rings (SSSR count). The fourth-order valence-corrected chi connectivity index (χ4v) is 3.86. The number of halogens is 1. The molecule has 18 heavy (non-hydrogen) atoms. The Hall–Kier alpha value is -0.240. The van der Waals surface area contributed by atoms with Crippen LogP contribution in [-0.2, 0) is 4.79 Å². The maximum Gasteiger partial charge on any atom is 0.220 e. The number of hydrogen-bond donors (Lipinski definition) is 1. The Balaban J connectivity index is 1.70. The topological polar surface area (TPSA) is 29.1 Å². The summed E-state index contributed by atoms with van der Waals surface area (Å²) in [6.45, 7) is 0.794. The van der Waals surface area contributed by atoms with Gasteiger partial charge in [-0.1, -0.05) is 32.1 Å². The van der Waals surface area contributed by atoms with E-state index in [2.05, 4.69) is 5.32 Å². The maximum atomic E-state index is 12.0. The van der Waals surface area contributed by atoms with E-state index in [9.17, 15) is 4.79 Å². The summed E-state index contributed by atoms with van der Waals surface area (Å²) in [5.41, 5.74) is 0.198. The lowest BCUT2D eigenvalue weighted by Crippen LogP contribution is -2.37. The molecule has 2 aliphatic rings. The quantitative estimate of drug-likeness (QED) is 0.756. The molecule has 3 heteroatoms. The highest BCUT2D eigenvalue weighted by molar-refractivity contribution is 6.18. The first kappa shape index (κ1) is 14.2. The van der Waals surface area contributed by atoms with Gasteiger partial charge in [0.15, 0.2) is 0 Å². The van der Waals surface area contributed by atoms with E-state index >= 15 is 0 Å². The molecular weight excluding hydrogens is 246 g/mol. The fraction of sp³-hybridized carbons (Fsp3) is 0.933. The molecule has 104 valence electrons. The Morgan fingerprint density at radius 1 is 1.11 bits per heavy atom. The molecular formula is C15H26ClNO. The first-order chi connectivity index (χ1) is 8.74. The third-order valence-corrected chi connectivity index (χ3v) is 5.37. The van der Waals surface area contributed by atoms with Crippen LogP contribution in [0.5, 0.6) is 0 Å². The van der Waals surface area contributed by atoms with E-state index in [1.807, 2.05) is 0 Å². The van der Waals surface area contributed by atoms with E-state index in [-0.39, 0.29) is 11.3 Å². The summed E-state index contributed by atoms with van der Waals surface area (Å²) in [7, 11) is 0. The van der Waals surface area contributed by atoms with E-state index in [0.29, 0.717) is 11.8 Å². The average molecular weight is 272 g/mol. The first-order valence-corrected chi connectivity index (χ1v) is 8.10. The van der Waals surface area contributed by atoms with Crippen LogP contribution in [0.4, 0.5) is 0 Å². The highest BCUT2D eigenvalue weighted by Crippen LogP contribution is 2.38. The fourth-order valence-electron chi connectivity index (χ4n) is 3.49. The molecule has 0 aliphatic heterocycles. The van der Waals surface area contributed by atoms with Crippen LogP contribution < -0.4 is 5.32 Å². The smallest absolute Gasteiger partial charge is 0.220 e. The second-order valence-electron chi connectivity index (χ2n) is 6.33. The Labute approximate surface area is 116 Å². The maximum absolute atomic E-state index is 12.0.